The highest BCUT2D eigenvalue weighted by Gasteiger charge is 2.32. The Labute approximate surface area is 136 Å². The van der Waals surface area contributed by atoms with Crippen LogP contribution in [0.15, 0.2) is 24.3 Å². The topological polar surface area (TPSA) is 70.5 Å². The van der Waals surface area contributed by atoms with E-state index in [-0.39, 0.29) is 18.3 Å². The van der Waals surface area contributed by atoms with Crippen LogP contribution in [0.3, 0.4) is 0 Å². The largest absolute Gasteiger partial charge is 0.481 e. The fourth-order valence-corrected chi connectivity index (χ4v) is 3.64. The van der Waals surface area contributed by atoms with E-state index in [2.05, 4.69) is 4.98 Å². The first-order valence-corrected chi connectivity index (χ1v) is 8.03. The van der Waals surface area contributed by atoms with Gasteiger partial charge in [0.05, 0.1) is 11.6 Å². The van der Waals surface area contributed by atoms with Gasteiger partial charge in [-0.15, -0.1) is 11.3 Å². The van der Waals surface area contributed by atoms with E-state index in [0.29, 0.717) is 28.5 Å². The van der Waals surface area contributed by atoms with E-state index in [1.807, 2.05) is 0 Å². The van der Waals surface area contributed by atoms with Crippen molar-refractivity contribution in [2.45, 2.75) is 13.3 Å². The van der Waals surface area contributed by atoms with Crippen LogP contribution in [0, 0.1) is 18.7 Å². The fourth-order valence-electron chi connectivity index (χ4n) is 2.60. The van der Waals surface area contributed by atoms with Crippen LogP contribution in [0.2, 0.25) is 0 Å². The van der Waals surface area contributed by atoms with E-state index in [1.54, 1.807) is 24.0 Å². The average molecular weight is 334 g/mol. The molecule has 5 nitrogen and oxygen atoms in total. The molecular formula is C16H15FN2O3S. The van der Waals surface area contributed by atoms with E-state index in [9.17, 15) is 14.0 Å². The molecule has 7 heteroatoms. The molecule has 23 heavy (non-hydrogen) atoms. The van der Waals surface area contributed by atoms with Gasteiger partial charge in [-0.2, -0.15) is 0 Å². The molecule has 0 unspecified atom stereocenters. The van der Waals surface area contributed by atoms with Crippen molar-refractivity contribution in [1.29, 1.82) is 0 Å². The summed E-state index contributed by atoms with van der Waals surface area (Å²) in [4.78, 5) is 30.1. The number of carbonyl (C=O) groups is 2. The number of carboxylic acids is 1. The van der Waals surface area contributed by atoms with E-state index in [4.69, 9.17) is 5.11 Å². The van der Waals surface area contributed by atoms with Crippen LogP contribution < -0.4 is 0 Å². The molecule has 0 bridgehead atoms. The summed E-state index contributed by atoms with van der Waals surface area (Å²) in [6, 6.07) is 5.95. The van der Waals surface area contributed by atoms with Crippen LogP contribution in [0.25, 0.3) is 10.6 Å². The second kappa shape index (κ2) is 6.08. The van der Waals surface area contributed by atoms with Crippen molar-refractivity contribution in [2.24, 2.45) is 5.92 Å². The summed E-state index contributed by atoms with van der Waals surface area (Å²) < 4.78 is 13.0. The average Bonchev–Trinajstić information content (AvgIpc) is 3.14. The lowest BCUT2D eigenvalue weighted by Crippen LogP contribution is -2.29. The Morgan fingerprint density at radius 2 is 2.04 bits per heavy atom. The molecule has 0 spiro atoms. The Kier molecular flexibility index (Phi) is 4.12. The zero-order valence-electron chi connectivity index (χ0n) is 12.5. The van der Waals surface area contributed by atoms with Crippen LogP contribution in [0.4, 0.5) is 4.39 Å². The molecule has 1 saturated heterocycles. The highest BCUT2D eigenvalue weighted by atomic mass is 32.1. The fraction of sp³-hybridized carbons (Fsp3) is 0.312. The van der Waals surface area contributed by atoms with Crippen LogP contribution in [-0.2, 0) is 4.79 Å². The first kappa shape index (κ1) is 15.6. The summed E-state index contributed by atoms with van der Waals surface area (Å²) >= 11 is 1.25. The SMILES string of the molecule is Cc1nc(-c2ccc(F)cc2)sc1C(=O)N1CC[C@H](C(=O)O)C1. The molecule has 2 aromatic rings. The number of benzene rings is 1. The predicted octanol–water partition coefficient (Wildman–Crippen LogP) is 2.80. The van der Waals surface area contributed by atoms with E-state index in [0.717, 1.165) is 5.56 Å². The molecule has 1 fully saturated rings. The third kappa shape index (κ3) is 3.10. The Morgan fingerprint density at radius 3 is 2.65 bits per heavy atom. The van der Waals surface area contributed by atoms with Gasteiger partial charge in [0.2, 0.25) is 0 Å². The molecule has 0 aliphatic carbocycles. The van der Waals surface area contributed by atoms with Crippen molar-refractivity contribution >= 4 is 23.2 Å². The lowest BCUT2D eigenvalue weighted by atomic mass is 10.1. The normalized spacial score (nSPS) is 17.5. The zero-order chi connectivity index (χ0) is 16.6. The number of rotatable bonds is 3. The maximum Gasteiger partial charge on any atom is 0.308 e. The molecule has 1 atom stereocenters. The number of aliphatic carboxylic acids is 1. The number of hydrogen-bond acceptors (Lipinski definition) is 4. The number of amides is 1. The zero-order valence-corrected chi connectivity index (χ0v) is 13.3. The Bertz CT molecular complexity index is 757. The number of nitrogens with zero attached hydrogens (tertiary/aromatic N) is 2. The highest BCUT2D eigenvalue weighted by Crippen LogP contribution is 2.30. The molecule has 1 aliphatic rings. The van der Waals surface area contributed by atoms with Gasteiger partial charge in [0.1, 0.15) is 15.7 Å². The second-order valence-electron chi connectivity index (χ2n) is 5.52. The van der Waals surface area contributed by atoms with E-state index >= 15 is 0 Å². The minimum atomic E-state index is -0.867. The van der Waals surface area contributed by atoms with Crippen molar-refractivity contribution in [3.8, 4) is 10.6 Å². The van der Waals surface area contributed by atoms with Gasteiger partial charge in [-0.25, -0.2) is 9.37 Å². The molecular weight excluding hydrogens is 319 g/mol. The second-order valence-corrected chi connectivity index (χ2v) is 6.51. The molecule has 1 aromatic carbocycles. The van der Waals surface area contributed by atoms with Crippen molar-refractivity contribution in [3.63, 3.8) is 0 Å². The van der Waals surface area contributed by atoms with Gasteiger partial charge in [-0.1, -0.05) is 0 Å². The summed E-state index contributed by atoms with van der Waals surface area (Å²) in [6.45, 7) is 2.43. The first-order valence-electron chi connectivity index (χ1n) is 7.21. The quantitative estimate of drug-likeness (QED) is 0.937. The molecule has 120 valence electrons. The molecule has 1 aliphatic heterocycles. The van der Waals surface area contributed by atoms with Crippen LogP contribution in [0.1, 0.15) is 21.8 Å². The first-order chi connectivity index (χ1) is 11.0. The molecule has 1 aromatic heterocycles. The maximum atomic E-state index is 13.0. The highest BCUT2D eigenvalue weighted by molar-refractivity contribution is 7.17. The third-order valence-electron chi connectivity index (χ3n) is 3.91. The summed E-state index contributed by atoms with van der Waals surface area (Å²) in [5.41, 5.74) is 1.36. The van der Waals surface area contributed by atoms with Crippen LogP contribution in [0.5, 0.6) is 0 Å². The molecule has 0 saturated carbocycles. The van der Waals surface area contributed by atoms with Gasteiger partial charge in [0, 0.05) is 18.7 Å². The molecule has 2 heterocycles. The minimum absolute atomic E-state index is 0.183. The van der Waals surface area contributed by atoms with E-state index < -0.39 is 11.9 Å². The monoisotopic (exact) mass is 334 g/mol. The van der Waals surface area contributed by atoms with Gasteiger partial charge in [-0.3, -0.25) is 9.59 Å². The molecule has 1 N–H and O–H groups in total. The Balaban J connectivity index is 1.82. The van der Waals surface area contributed by atoms with Crippen molar-refractivity contribution in [2.75, 3.05) is 13.1 Å². The van der Waals surface area contributed by atoms with Gasteiger partial charge >= 0.3 is 5.97 Å². The lowest BCUT2D eigenvalue weighted by Gasteiger charge is -2.14. The van der Waals surface area contributed by atoms with Gasteiger partial charge in [0.15, 0.2) is 0 Å². The number of likely N-dealkylation sites (tertiary alicyclic amines) is 1. The third-order valence-corrected chi connectivity index (χ3v) is 5.10. The predicted molar refractivity (Wildman–Crippen MR) is 83.9 cm³/mol. The van der Waals surface area contributed by atoms with Crippen LogP contribution >= 0.6 is 11.3 Å². The minimum Gasteiger partial charge on any atom is -0.481 e. The van der Waals surface area contributed by atoms with E-state index in [1.165, 1.54) is 23.5 Å². The van der Waals surface area contributed by atoms with Crippen molar-refractivity contribution in [1.82, 2.24) is 9.88 Å². The summed E-state index contributed by atoms with van der Waals surface area (Å²) in [5, 5.41) is 9.69. The standard InChI is InChI=1S/C16H15FN2O3S/c1-9-13(15(20)19-7-6-11(8-19)16(21)22)23-14(18-9)10-2-4-12(17)5-3-10/h2-5,11H,6-8H2,1H3,(H,21,22)/t11-/m0/s1. The molecule has 0 radical (unpaired) electrons. The number of halogens is 1. The van der Waals surface area contributed by atoms with Crippen molar-refractivity contribution in [3.05, 3.63) is 40.7 Å². The number of carbonyl (C=O) groups excluding carboxylic acids is 1. The number of hydrogen-bond donors (Lipinski definition) is 1. The maximum absolute atomic E-state index is 13.0. The number of thiazole rings is 1. The van der Waals surface area contributed by atoms with Crippen LogP contribution in [-0.4, -0.2) is 40.0 Å². The van der Waals surface area contributed by atoms with Gasteiger partial charge < -0.3 is 10.0 Å². The lowest BCUT2D eigenvalue weighted by molar-refractivity contribution is -0.141. The number of carboxylic acid groups (broad SMARTS) is 1. The van der Waals surface area contributed by atoms with Crippen molar-refractivity contribution < 1.29 is 19.1 Å². The molecule has 3 rings (SSSR count). The Hall–Kier alpha value is -2.28. The molecule has 1 amide bonds. The number of aryl methyl sites for hydroxylation is 1. The summed E-state index contributed by atoms with van der Waals surface area (Å²) in [6.07, 6.45) is 0.476. The Morgan fingerprint density at radius 1 is 1.35 bits per heavy atom. The summed E-state index contributed by atoms with van der Waals surface area (Å²) in [5.74, 6) is -1.87. The smallest absolute Gasteiger partial charge is 0.308 e. The van der Waals surface area contributed by atoms with Gasteiger partial charge in [0.25, 0.3) is 5.91 Å². The van der Waals surface area contributed by atoms with Gasteiger partial charge in [-0.05, 0) is 37.6 Å². The number of aromatic nitrogens is 1. The summed E-state index contributed by atoms with van der Waals surface area (Å²) in [7, 11) is 0.